The number of nitrogens with zero attached hydrogens (tertiary/aromatic N) is 1. The maximum Gasteiger partial charge on any atom is 0.0953 e. The summed E-state index contributed by atoms with van der Waals surface area (Å²) in [7, 11) is 0. The van der Waals surface area contributed by atoms with E-state index in [0.717, 1.165) is 28.8 Å². The lowest BCUT2D eigenvalue weighted by atomic mass is 10.1. The SMILES string of the molecule is CSCCCCCNc1ccc(N)c2cccnc12. The van der Waals surface area contributed by atoms with Crippen LogP contribution in [0, 0.1) is 0 Å². The molecule has 102 valence electrons. The second-order valence-electron chi connectivity index (χ2n) is 4.58. The number of anilines is 2. The van der Waals surface area contributed by atoms with Gasteiger partial charge in [-0.05, 0) is 49.1 Å². The van der Waals surface area contributed by atoms with Gasteiger partial charge < -0.3 is 11.1 Å². The molecule has 1 heterocycles. The molecule has 0 saturated heterocycles. The Morgan fingerprint density at radius 3 is 2.95 bits per heavy atom. The van der Waals surface area contributed by atoms with Gasteiger partial charge >= 0.3 is 0 Å². The molecule has 0 amide bonds. The van der Waals surface area contributed by atoms with Crippen molar-refractivity contribution in [3.8, 4) is 0 Å². The monoisotopic (exact) mass is 275 g/mol. The molecule has 0 aliphatic heterocycles. The quantitative estimate of drug-likeness (QED) is 0.596. The number of unbranched alkanes of at least 4 members (excludes halogenated alkanes) is 2. The summed E-state index contributed by atoms with van der Waals surface area (Å²) in [5.41, 5.74) is 8.79. The lowest BCUT2D eigenvalue weighted by Crippen LogP contribution is -2.03. The summed E-state index contributed by atoms with van der Waals surface area (Å²) in [6.07, 6.45) is 7.73. The Labute approximate surface area is 119 Å². The van der Waals surface area contributed by atoms with Gasteiger partial charge in [0, 0.05) is 23.8 Å². The number of thioether (sulfide) groups is 1. The number of rotatable bonds is 7. The van der Waals surface area contributed by atoms with Crippen molar-refractivity contribution in [2.75, 3.05) is 29.6 Å². The van der Waals surface area contributed by atoms with Gasteiger partial charge in [0.25, 0.3) is 0 Å². The predicted molar refractivity (Wildman–Crippen MR) is 86.9 cm³/mol. The molecule has 2 rings (SSSR count). The number of aromatic nitrogens is 1. The maximum absolute atomic E-state index is 5.96. The van der Waals surface area contributed by atoms with E-state index in [2.05, 4.69) is 16.6 Å². The summed E-state index contributed by atoms with van der Waals surface area (Å²) in [6.45, 7) is 0.990. The molecule has 0 radical (unpaired) electrons. The summed E-state index contributed by atoms with van der Waals surface area (Å²) in [6, 6.07) is 7.90. The zero-order chi connectivity index (χ0) is 13.5. The first kappa shape index (κ1) is 14.0. The average Bonchev–Trinajstić information content (AvgIpc) is 2.45. The van der Waals surface area contributed by atoms with Crippen LogP contribution in [0.3, 0.4) is 0 Å². The number of hydrogen-bond acceptors (Lipinski definition) is 4. The smallest absolute Gasteiger partial charge is 0.0953 e. The third-order valence-electron chi connectivity index (χ3n) is 3.14. The number of fused-ring (bicyclic) bond motifs is 1. The molecule has 0 spiro atoms. The Balaban J connectivity index is 1.96. The second-order valence-corrected chi connectivity index (χ2v) is 5.57. The van der Waals surface area contributed by atoms with Crippen LogP contribution in [-0.4, -0.2) is 23.5 Å². The summed E-state index contributed by atoms with van der Waals surface area (Å²) in [5, 5.41) is 4.49. The van der Waals surface area contributed by atoms with Gasteiger partial charge in [-0.3, -0.25) is 4.98 Å². The molecule has 0 aliphatic carbocycles. The van der Waals surface area contributed by atoms with E-state index >= 15 is 0 Å². The first-order chi connectivity index (χ1) is 9.33. The molecule has 0 unspecified atom stereocenters. The Morgan fingerprint density at radius 2 is 2.11 bits per heavy atom. The summed E-state index contributed by atoms with van der Waals surface area (Å²) in [5.74, 6) is 1.26. The van der Waals surface area contributed by atoms with Crippen LogP contribution in [0.4, 0.5) is 11.4 Å². The highest BCUT2D eigenvalue weighted by molar-refractivity contribution is 7.98. The minimum Gasteiger partial charge on any atom is -0.398 e. The molecule has 1 aromatic carbocycles. The van der Waals surface area contributed by atoms with Crippen LogP contribution in [-0.2, 0) is 0 Å². The van der Waals surface area contributed by atoms with E-state index in [9.17, 15) is 0 Å². The Hall–Kier alpha value is -1.42. The van der Waals surface area contributed by atoms with Crippen molar-refractivity contribution in [2.45, 2.75) is 19.3 Å². The summed E-state index contributed by atoms with van der Waals surface area (Å²) >= 11 is 1.92. The molecule has 3 N–H and O–H groups in total. The number of nitrogens with two attached hydrogens (primary N) is 1. The first-order valence-corrected chi connectivity index (χ1v) is 8.08. The number of pyridine rings is 1. The molecule has 0 fully saturated rings. The van der Waals surface area contributed by atoms with Gasteiger partial charge in [-0.2, -0.15) is 11.8 Å². The molecule has 4 heteroatoms. The molecular weight excluding hydrogens is 254 g/mol. The number of nitrogen functional groups attached to an aromatic ring is 1. The van der Waals surface area contributed by atoms with Crippen molar-refractivity contribution in [3.05, 3.63) is 30.5 Å². The third-order valence-corrected chi connectivity index (χ3v) is 3.84. The number of nitrogens with one attached hydrogen (secondary N) is 1. The van der Waals surface area contributed by atoms with Gasteiger partial charge in [0.05, 0.1) is 11.2 Å². The lowest BCUT2D eigenvalue weighted by Gasteiger charge is -2.10. The highest BCUT2D eigenvalue weighted by atomic mass is 32.2. The van der Waals surface area contributed by atoms with Crippen LogP contribution in [0.1, 0.15) is 19.3 Å². The molecule has 2 aromatic rings. The fourth-order valence-corrected chi connectivity index (χ4v) is 2.60. The van der Waals surface area contributed by atoms with Crippen LogP contribution in [0.15, 0.2) is 30.5 Å². The normalized spacial score (nSPS) is 10.8. The minimum atomic E-state index is 0.786. The van der Waals surface area contributed by atoms with Gasteiger partial charge in [-0.15, -0.1) is 0 Å². The maximum atomic E-state index is 5.96. The fraction of sp³-hybridized carbons (Fsp3) is 0.400. The topological polar surface area (TPSA) is 50.9 Å². The molecule has 0 atom stereocenters. The van der Waals surface area contributed by atoms with Crippen LogP contribution >= 0.6 is 11.8 Å². The Kier molecular flexibility index (Phi) is 5.33. The van der Waals surface area contributed by atoms with Crippen molar-refractivity contribution in [2.24, 2.45) is 0 Å². The van der Waals surface area contributed by atoms with E-state index in [-0.39, 0.29) is 0 Å². The summed E-state index contributed by atoms with van der Waals surface area (Å²) < 4.78 is 0. The number of benzene rings is 1. The van der Waals surface area contributed by atoms with Crippen LogP contribution in [0.5, 0.6) is 0 Å². The highest BCUT2D eigenvalue weighted by Crippen LogP contribution is 2.26. The van der Waals surface area contributed by atoms with Crippen LogP contribution < -0.4 is 11.1 Å². The van der Waals surface area contributed by atoms with E-state index in [1.807, 2.05) is 42.2 Å². The Bertz CT molecular complexity index is 528. The van der Waals surface area contributed by atoms with Crippen molar-refractivity contribution in [1.29, 1.82) is 0 Å². The molecule has 19 heavy (non-hydrogen) atoms. The average molecular weight is 275 g/mol. The van der Waals surface area contributed by atoms with Gasteiger partial charge in [0.1, 0.15) is 0 Å². The third kappa shape index (κ3) is 3.77. The number of hydrogen-bond donors (Lipinski definition) is 2. The second kappa shape index (κ2) is 7.24. The highest BCUT2D eigenvalue weighted by Gasteiger charge is 2.04. The van der Waals surface area contributed by atoms with Crippen molar-refractivity contribution < 1.29 is 0 Å². The van der Waals surface area contributed by atoms with Gasteiger partial charge in [0.15, 0.2) is 0 Å². The zero-order valence-electron chi connectivity index (χ0n) is 11.4. The van der Waals surface area contributed by atoms with E-state index in [1.54, 1.807) is 0 Å². The van der Waals surface area contributed by atoms with E-state index in [1.165, 1.54) is 25.0 Å². The lowest BCUT2D eigenvalue weighted by molar-refractivity contribution is 0.750. The van der Waals surface area contributed by atoms with Crippen molar-refractivity contribution in [3.63, 3.8) is 0 Å². The summed E-state index contributed by atoms with van der Waals surface area (Å²) in [4.78, 5) is 4.42. The first-order valence-electron chi connectivity index (χ1n) is 6.69. The van der Waals surface area contributed by atoms with Gasteiger partial charge in [-0.1, -0.05) is 6.42 Å². The van der Waals surface area contributed by atoms with Gasteiger partial charge in [0.2, 0.25) is 0 Å². The Morgan fingerprint density at radius 1 is 1.21 bits per heavy atom. The van der Waals surface area contributed by atoms with Crippen molar-refractivity contribution >= 4 is 34.0 Å². The molecule has 0 aliphatic rings. The molecule has 3 nitrogen and oxygen atoms in total. The molecule has 1 aromatic heterocycles. The van der Waals surface area contributed by atoms with Gasteiger partial charge in [-0.25, -0.2) is 0 Å². The van der Waals surface area contributed by atoms with Crippen molar-refractivity contribution in [1.82, 2.24) is 4.98 Å². The zero-order valence-corrected chi connectivity index (χ0v) is 12.2. The molecule has 0 bridgehead atoms. The van der Waals surface area contributed by atoms with E-state index < -0.39 is 0 Å². The van der Waals surface area contributed by atoms with Crippen LogP contribution in [0.25, 0.3) is 10.9 Å². The van der Waals surface area contributed by atoms with Crippen LogP contribution in [0.2, 0.25) is 0 Å². The van der Waals surface area contributed by atoms with E-state index in [4.69, 9.17) is 5.73 Å². The largest absolute Gasteiger partial charge is 0.398 e. The fourth-order valence-electron chi connectivity index (χ4n) is 2.11. The predicted octanol–water partition coefficient (Wildman–Crippen LogP) is 3.76. The molecular formula is C15H21N3S. The minimum absolute atomic E-state index is 0.786. The molecule has 0 saturated carbocycles. The van der Waals surface area contributed by atoms with E-state index in [0.29, 0.717) is 0 Å². The standard InChI is InChI=1S/C15H21N3S/c1-19-11-4-2-3-9-17-14-8-7-13(16)12-6-5-10-18-15(12)14/h5-8,10,17H,2-4,9,11,16H2,1H3.